The fraction of sp³-hybridized carbons (Fsp3) is 0.222. The van der Waals surface area contributed by atoms with E-state index in [-0.39, 0.29) is 22.5 Å². The monoisotopic (exact) mass is 376 g/mol. The molecule has 2 atom stereocenters. The van der Waals surface area contributed by atoms with Gasteiger partial charge in [0, 0.05) is 45.7 Å². The largest absolute Gasteiger partial charge is 0.350 e. The van der Waals surface area contributed by atoms with Crippen molar-refractivity contribution < 1.29 is 9.00 Å². The summed E-state index contributed by atoms with van der Waals surface area (Å²) in [6.07, 6.45) is 4.75. The van der Waals surface area contributed by atoms with Crippen molar-refractivity contribution in [2.45, 2.75) is 23.8 Å². The van der Waals surface area contributed by atoms with Gasteiger partial charge >= 0.3 is 0 Å². The second kappa shape index (κ2) is 7.37. The number of hydrogen-bond donors (Lipinski definition) is 2. The minimum Gasteiger partial charge on any atom is -0.350 e. The Morgan fingerprint density at radius 1 is 1.20 bits per heavy atom. The van der Waals surface area contributed by atoms with Gasteiger partial charge in [-0.3, -0.25) is 13.8 Å². The number of carbonyl (C=O) groups excluding carboxylic acids is 1. The van der Waals surface area contributed by atoms with Crippen LogP contribution in [0.25, 0.3) is 5.57 Å². The number of rotatable bonds is 4. The van der Waals surface area contributed by atoms with Crippen molar-refractivity contribution in [2.24, 2.45) is 0 Å². The van der Waals surface area contributed by atoms with E-state index in [1.807, 2.05) is 18.2 Å². The number of aromatic amines is 1. The molecule has 0 radical (unpaired) electrons. The molecule has 3 rings (SSSR count). The molecular weight excluding hydrogens is 360 g/mol. The Kier molecular flexibility index (Phi) is 5.20. The quantitative estimate of drug-likeness (QED) is 0.860. The summed E-state index contributed by atoms with van der Waals surface area (Å²) in [5.74, 6) is 0.0157. The Hall–Kier alpha value is -2.18. The number of aromatic nitrogens is 1. The van der Waals surface area contributed by atoms with Crippen molar-refractivity contribution in [1.82, 2.24) is 10.3 Å². The van der Waals surface area contributed by atoms with Gasteiger partial charge in [-0.2, -0.15) is 0 Å². The standard InChI is InChI=1S/C18H17ClN2O3S/c1-25(24)13-5-2-11(3-6-13)14(10-12-4-9-17(22)20-12)16-8-7-15(19)18(23)21-16/h2-3,5-8,10,12H,4,9H2,1H3,(H,20,22)(H,21,23)/b14-10-/t12-,25?/m1/s1. The van der Waals surface area contributed by atoms with Crippen LogP contribution in [0.1, 0.15) is 24.1 Å². The predicted molar refractivity (Wildman–Crippen MR) is 99.1 cm³/mol. The Morgan fingerprint density at radius 3 is 2.48 bits per heavy atom. The molecule has 7 heteroatoms. The highest BCUT2D eigenvalue weighted by Crippen LogP contribution is 2.25. The Bertz CT molecular complexity index is 919. The van der Waals surface area contributed by atoms with Crippen LogP contribution in [-0.2, 0) is 15.6 Å². The third-order valence-electron chi connectivity index (χ3n) is 4.05. The Labute approximate surface area is 152 Å². The van der Waals surface area contributed by atoms with Crippen LogP contribution in [0.2, 0.25) is 5.02 Å². The summed E-state index contributed by atoms with van der Waals surface area (Å²) in [6, 6.07) is 10.5. The highest BCUT2D eigenvalue weighted by atomic mass is 35.5. The molecule has 2 aromatic rings. The summed E-state index contributed by atoms with van der Waals surface area (Å²) in [7, 11) is -1.06. The number of halogens is 1. The molecule has 1 fully saturated rings. The molecule has 2 heterocycles. The first-order valence-electron chi connectivity index (χ1n) is 7.78. The summed E-state index contributed by atoms with van der Waals surface area (Å²) in [6.45, 7) is 0. The van der Waals surface area contributed by atoms with Crippen molar-refractivity contribution in [3.63, 3.8) is 0 Å². The van der Waals surface area contributed by atoms with Gasteiger partial charge in [0.2, 0.25) is 5.91 Å². The normalized spacial score (nSPS) is 18.9. The molecule has 1 aliphatic rings. The van der Waals surface area contributed by atoms with Crippen LogP contribution in [0.15, 0.2) is 52.2 Å². The lowest BCUT2D eigenvalue weighted by molar-refractivity contribution is -0.119. The third kappa shape index (κ3) is 4.08. The van der Waals surface area contributed by atoms with Crippen LogP contribution in [0, 0.1) is 0 Å². The molecule has 1 amide bonds. The van der Waals surface area contributed by atoms with Gasteiger partial charge in [-0.1, -0.05) is 29.8 Å². The van der Waals surface area contributed by atoms with E-state index in [9.17, 15) is 13.8 Å². The summed E-state index contributed by atoms with van der Waals surface area (Å²) in [4.78, 5) is 26.9. The first-order chi connectivity index (χ1) is 11.9. The van der Waals surface area contributed by atoms with Gasteiger partial charge in [-0.15, -0.1) is 0 Å². The van der Waals surface area contributed by atoms with E-state index in [1.165, 1.54) is 0 Å². The first kappa shape index (κ1) is 17.6. The summed E-state index contributed by atoms with van der Waals surface area (Å²) < 4.78 is 11.6. The fourth-order valence-electron chi connectivity index (χ4n) is 2.74. The predicted octanol–water partition coefficient (Wildman–Crippen LogP) is 2.48. The molecule has 5 nitrogen and oxygen atoms in total. The maximum absolute atomic E-state index is 11.9. The summed E-state index contributed by atoms with van der Waals surface area (Å²) in [5.41, 5.74) is 1.88. The van der Waals surface area contributed by atoms with E-state index < -0.39 is 10.8 Å². The van der Waals surface area contributed by atoms with Gasteiger partial charge in [-0.25, -0.2) is 0 Å². The van der Waals surface area contributed by atoms with Crippen molar-refractivity contribution in [3.8, 4) is 0 Å². The number of H-pyrrole nitrogens is 1. The van der Waals surface area contributed by atoms with Gasteiger partial charge in [0.25, 0.3) is 5.56 Å². The molecule has 25 heavy (non-hydrogen) atoms. The first-order valence-corrected chi connectivity index (χ1v) is 9.72. The Balaban J connectivity index is 2.06. The van der Waals surface area contributed by atoms with Crippen molar-refractivity contribution in [2.75, 3.05) is 6.26 Å². The molecule has 0 saturated carbocycles. The molecule has 130 valence electrons. The highest BCUT2D eigenvalue weighted by molar-refractivity contribution is 7.84. The molecular formula is C18H17ClN2O3S. The zero-order chi connectivity index (χ0) is 18.0. The van der Waals surface area contributed by atoms with Gasteiger partial charge in [0.05, 0.1) is 0 Å². The van der Waals surface area contributed by atoms with Crippen molar-refractivity contribution in [3.05, 3.63) is 69.1 Å². The second-order valence-corrected chi connectivity index (χ2v) is 7.61. The van der Waals surface area contributed by atoms with E-state index in [4.69, 9.17) is 11.6 Å². The van der Waals surface area contributed by atoms with Crippen molar-refractivity contribution in [1.29, 1.82) is 0 Å². The fourth-order valence-corrected chi connectivity index (χ4v) is 3.37. The number of hydrogen-bond acceptors (Lipinski definition) is 3. The smallest absolute Gasteiger partial charge is 0.267 e. The van der Waals surface area contributed by atoms with Crippen molar-refractivity contribution >= 4 is 33.9 Å². The number of nitrogens with one attached hydrogen (secondary N) is 2. The molecule has 1 aliphatic heterocycles. The van der Waals surface area contributed by atoms with Crippen LogP contribution in [0.3, 0.4) is 0 Å². The second-order valence-electron chi connectivity index (χ2n) is 5.82. The van der Waals surface area contributed by atoms with E-state index in [0.29, 0.717) is 18.5 Å². The molecule has 1 unspecified atom stereocenters. The zero-order valence-electron chi connectivity index (χ0n) is 13.5. The molecule has 1 saturated heterocycles. The molecule has 0 bridgehead atoms. The van der Waals surface area contributed by atoms with Gasteiger partial charge in [-0.05, 0) is 36.2 Å². The lowest BCUT2D eigenvalue weighted by atomic mass is 9.99. The SMILES string of the molecule is CS(=O)c1ccc(/C(=C/[C@H]2CCC(=O)N2)c2ccc(Cl)c(=O)[nH]2)cc1. The Morgan fingerprint density at radius 2 is 1.92 bits per heavy atom. The van der Waals surface area contributed by atoms with Crippen LogP contribution < -0.4 is 10.9 Å². The number of pyridine rings is 1. The van der Waals surface area contributed by atoms with Crippen LogP contribution in [-0.4, -0.2) is 27.4 Å². The third-order valence-corrected chi connectivity index (χ3v) is 5.28. The van der Waals surface area contributed by atoms with E-state index in [1.54, 1.807) is 30.5 Å². The van der Waals surface area contributed by atoms with Gasteiger partial charge < -0.3 is 10.3 Å². The minimum absolute atomic E-state index is 0.0157. The maximum Gasteiger partial charge on any atom is 0.267 e. The molecule has 1 aromatic heterocycles. The minimum atomic E-state index is -1.06. The van der Waals surface area contributed by atoms with Gasteiger partial charge in [0.1, 0.15) is 5.02 Å². The van der Waals surface area contributed by atoms with Crippen LogP contribution in [0.4, 0.5) is 0 Å². The molecule has 2 N–H and O–H groups in total. The molecule has 0 aliphatic carbocycles. The lowest BCUT2D eigenvalue weighted by Gasteiger charge is -2.12. The van der Waals surface area contributed by atoms with Crippen LogP contribution in [0.5, 0.6) is 0 Å². The number of amides is 1. The van der Waals surface area contributed by atoms with E-state index in [0.717, 1.165) is 16.0 Å². The maximum atomic E-state index is 11.9. The van der Waals surface area contributed by atoms with Crippen LogP contribution >= 0.6 is 11.6 Å². The number of carbonyl (C=O) groups is 1. The average Bonchev–Trinajstić information content (AvgIpc) is 3.00. The number of benzene rings is 1. The average molecular weight is 377 g/mol. The molecule has 1 aromatic carbocycles. The van der Waals surface area contributed by atoms with E-state index >= 15 is 0 Å². The van der Waals surface area contributed by atoms with E-state index in [2.05, 4.69) is 10.3 Å². The topological polar surface area (TPSA) is 79.0 Å². The summed E-state index contributed by atoms with van der Waals surface area (Å²) in [5, 5.41) is 3.02. The van der Waals surface area contributed by atoms with Gasteiger partial charge in [0.15, 0.2) is 0 Å². The highest BCUT2D eigenvalue weighted by Gasteiger charge is 2.20. The molecule has 0 spiro atoms. The summed E-state index contributed by atoms with van der Waals surface area (Å²) >= 11 is 5.82. The zero-order valence-corrected chi connectivity index (χ0v) is 15.1. The lowest BCUT2D eigenvalue weighted by Crippen LogP contribution is -2.23.